The van der Waals surface area contributed by atoms with E-state index in [9.17, 15) is 15.0 Å². The van der Waals surface area contributed by atoms with Crippen LogP contribution in [0, 0.1) is 0 Å². The van der Waals surface area contributed by atoms with Crippen LogP contribution >= 0.6 is 12.2 Å². The molecule has 0 radical (unpaired) electrons. The van der Waals surface area contributed by atoms with E-state index in [0.717, 1.165) is 11.1 Å². The molecule has 0 saturated carbocycles. The maximum Gasteiger partial charge on any atom is 0.407 e. The highest BCUT2D eigenvalue weighted by atomic mass is 32.1. The number of hydrogen-bond acceptors (Lipinski definition) is 5. The lowest BCUT2D eigenvalue weighted by molar-refractivity contribution is 0.0137. The van der Waals surface area contributed by atoms with E-state index in [2.05, 4.69) is 34.9 Å². The maximum absolute atomic E-state index is 12.3. The first-order valence-corrected chi connectivity index (χ1v) is 11.5. The molecule has 1 amide bonds. The second kappa shape index (κ2) is 10.6. The summed E-state index contributed by atoms with van der Waals surface area (Å²) in [5.74, 6) is -0.0170. The molecular weight excluding hydrogens is 450 g/mol. The fourth-order valence-corrected chi connectivity index (χ4v) is 4.38. The Labute approximate surface area is 203 Å². The van der Waals surface area contributed by atoms with Gasteiger partial charge in [0, 0.05) is 18.2 Å². The molecule has 0 aromatic heterocycles. The lowest BCUT2D eigenvalue weighted by Crippen LogP contribution is -2.30. The first kappa shape index (κ1) is 23.7. The van der Waals surface area contributed by atoms with Gasteiger partial charge in [-0.15, -0.1) is 0 Å². The standard InChI is InChI=1S/C26H27N3O4S/c27-25(34)29-17-11-9-16(10-12-17)24(31)23(30)13-14-28-26(32)33-15-22-20-7-3-1-5-18(20)19-6-2-4-8-21(19)22/h1-12,22-24,30-31H,13-15H2,(H,28,32)(H3,27,29,34). The van der Waals surface area contributed by atoms with Gasteiger partial charge in [0.05, 0.1) is 6.10 Å². The number of ether oxygens (including phenoxy) is 1. The van der Waals surface area contributed by atoms with E-state index >= 15 is 0 Å². The molecule has 7 nitrogen and oxygen atoms in total. The number of rotatable bonds is 8. The second-order valence-electron chi connectivity index (χ2n) is 8.16. The Balaban J connectivity index is 1.25. The number of fused-ring (bicyclic) bond motifs is 3. The number of carbonyl (C=O) groups excluding carboxylic acids is 1. The second-order valence-corrected chi connectivity index (χ2v) is 8.60. The molecule has 1 aliphatic carbocycles. The molecule has 0 bridgehead atoms. The highest BCUT2D eigenvalue weighted by Crippen LogP contribution is 2.44. The zero-order valence-corrected chi connectivity index (χ0v) is 19.3. The quantitative estimate of drug-likeness (QED) is 0.314. The van der Waals surface area contributed by atoms with Gasteiger partial charge in [0.25, 0.3) is 0 Å². The smallest absolute Gasteiger partial charge is 0.407 e. The molecule has 1 aliphatic rings. The molecule has 2 atom stereocenters. The van der Waals surface area contributed by atoms with Crippen molar-refractivity contribution in [2.45, 2.75) is 24.5 Å². The average molecular weight is 478 g/mol. The van der Waals surface area contributed by atoms with Crippen molar-refractivity contribution >= 4 is 29.1 Å². The monoisotopic (exact) mass is 477 g/mol. The highest BCUT2D eigenvalue weighted by molar-refractivity contribution is 7.80. The summed E-state index contributed by atoms with van der Waals surface area (Å²) in [4.78, 5) is 12.3. The number of carbonyl (C=O) groups is 1. The summed E-state index contributed by atoms with van der Waals surface area (Å²) in [6.45, 7) is 0.383. The van der Waals surface area contributed by atoms with Crippen molar-refractivity contribution < 1.29 is 19.7 Å². The normalized spacial score (nSPS) is 13.9. The summed E-state index contributed by atoms with van der Waals surface area (Å²) in [6, 6.07) is 23.0. The van der Waals surface area contributed by atoms with Crippen molar-refractivity contribution in [2.24, 2.45) is 5.73 Å². The maximum atomic E-state index is 12.3. The minimum absolute atomic E-state index is 0.0170. The summed E-state index contributed by atoms with van der Waals surface area (Å²) in [5, 5.41) is 26.3. The largest absolute Gasteiger partial charge is 0.449 e. The number of aliphatic hydroxyl groups excluding tert-OH is 2. The van der Waals surface area contributed by atoms with E-state index in [-0.39, 0.29) is 30.6 Å². The van der Waals surface area contributed by atoms with E-state index < -0.39 is 18.3 Å². The Morgan fingerprint density at radius 3 is 2.15 bits per heavy atom. The molecular formula is C26H27N3O4S. The molecule has 3 aromatic carbocycles. The zero-order valence-electron chi connectivity index (χ0n) is 18.5. The average Bonchev–Trinajstić information content (AvgIpc) is 3.16. The number of nitrogens with two attached hydrogens (primary N) is 1. The van der Waals surface area contributed by atoms with Crippen molar-refractivity contribution in [3.05, 3.63) is 89.5 Å². The number of amides is 1. The van der Waals surface area contributed by atoms with Gasteiger partial charge in [-0.05, 0) is 58.6 Å². The third kappa shape index (κ3) is 5.36. The lowest BCUT2D eigenvalue weighted by Gasteiger charge is -2.19. The number of benzene rings is 3. The van der Waals surface area contributed by atoms with Crippen LogP contribution in [-0.4, -0.2) is 40.7 Å². The number of alkyl carbamates (subject to hydrolysis) is 1. The minimum atomic E-state index is -1.09. The van der Waals surface area contributed by atoms with Gasteiger partial charge in [0.1, 0.15) is 12.7 Å². The summed E-state index contributed by atoms with van der Waals surface area (Å²) in [7, 11) is 0. The van der Waals surface area contributed by atoms with E-state index in [4.69, 9.17) is 22.7 Å². The van der Waals surface area contributed by atoms with Crippen LogP contribution in [0.25, 0.3) is 11.1 Å². The number of thiocarbonyl (C=S) groups is 1. The molecule has 0 spiro atoms. The van der Waals surface area contributed by atoms with Crippen LogP contribution in [0.15, 0.2) is 72.8 Å². The lowest BCUT2D eigenvalue weighted by atomic mass is 9.98. The van der Waals surface area contributed by atoms with E-state index in [1.807, 2.05) is 24.3 Å². The molecule has 4 rings (SSSR count). The molecule has 2 unspecified atom stereocenters. The molecule has 0 saturated heterocycles. The van der Waals surface area contributed by atoms with Gasteiger partial charge in [-0.3, -0.25) is 0 Å². The fourth-order valence-electron chi connectivity index (χ4n) is 4.26. The predicted molar refractivity (Wildman–Crippen MR) is 136 cm³/mol. The van der Waals surface area contributed by atoms with Gasteiger partial charge in [0.15, 0.2) is 5.11 Å². The Morgan fingerprint density at radius 2 is 1.56 bits per heavy atom. The zero-order chi connectivity index (χ0) is 24.1. The molecule has 0 aliphatic heterocycles. The van der Waals surface area contributed by atoms with Crippen LogP contribution < -0.4 is 16.4 Å². The van der Waals surface area contributed by atoms with Crippen LogP contribution in [0.3, 0.4) is 0 Å². The number of nitrogens with one attached hydrogen (secondary N) is 2. The van der Waals surface area contributed by atoms with Crippen molar-refractivity contribution in [2.75, 3.05) is 18.5 Å². The van der Waals surface area contributed by atoms with Crippen molar-refractivity contribution in [3.8, 4) is 11.1 Å². The molecule has 0 fully saturated rings. The molecule has 176 valence electrons. The van der Waals surface area contributed by atoms with E-state index in [1.54, 1.807) is 24.3 Å². The van der Waals surface area contributed by atoms with Gasteiger partial charge < -0.3 is 31.3 Å². The Hall–Kier alpha value is -3.46. The molecule has 3 aromatic rings. The van der Waals surface area contributed by atoms with Gasteiger partial charge in [-0.2, -0.15) is 0 Å². The number of hydrogen-bond donors (Lipinski definition) is 5. The first-order valence-electron chi connectivity index (χ1n) is 11.1. The highest BCUT2D eigenvalue weighted by Gasteiger charge is 2.29. The SMILES string of the molecule is NC(=S)Nc1ccc(C(O)C(O)CCNC(=O)OCC2c3ccccc3-c3ccccc32)cc1. The predicted octanol–water partition coefficient (Wildman–Crippen LogP) is 3.67. The van der Waals surface area contributed by atoms with Crippen molar-refractivity contribution in [1.29, 1.82) is 0 Å². The topological polar surface area (TPSA) is 117 Å². The van der Waals surface area contributed by atoms with Gasteiger partial charge in [-0.1, -0.05) is 60.7 Å². The summed E-state index contributed by atoms with van der Waals surface area (Å²) < 4.78 is 5.49. The third-order valence-corrected chi connectivity index (χ3v) is 6.04. The number of aliphatic hydroxyl groups is 2. The van der Waals surface area contributed by atoms with Crippen LogP contribution in [0.2, 0.25) is 0 Å². The molecule has 34 heavy (non-hydrogen) atoms. The van der Waals surface area contributed by atoms with Crippen LogP contribution in [0.1, 0.15) is 35.1 Å². The number of anilines is 1. The van der Waals surface area contributed by atoms with Crippen LogP contribution in [0.5, 0.6) is 0 Å². The van der Waals surface area contributed by atoms with Gasteiger partial charge in [0.2, 0.25) is 0 Å². The fraction of sp³-hybridized carbons (Fsp3) is 0.231. The van der Waals surface area contributed by atoms with Gasteiger partial charge >= 0.3 is 6.09 Å². The summed E-state index contributed by atoms with van der Waals surface area (Å²) in [6.07, 6.45) is -2.54. The Morgan fingerprint density at radius 1 is 0.971 bits per heavy atom. The van der Waals surface area contributed by atoms with Crippen LogP contribution in [-0.2, 0) is 4.74 Å². The minimum Gasteiger partial charge on any atom is -0.449 e. The first-order chi connectivity index (χ1) is 16.4. The van der Waals surface area contributed by atoms with E-state index in [0.29, 0.717) is 11.3 Å². The molecule has 8 heteroatoms. The van der Waals surface area contributed by atoms with Crippen LogP contribution in [0.4, 0.5) is 10.5 Å². The van der Waals surface area contributed by atoms with Crippen molar-refractivity contribution in [3.63, 3.8) is 0 Å². The Kier molecular flexibility index (Phi) is 7.42. The van der Waals surface area contributed by atoms with Crippen molar-refractivity contribution in [1.82, 2.24) is 5.32 Å². The van der Waals surface area contributed by atoms with E-state index in [1.165, 1.54) is 11.1 Å². The summed E-state index contributed by atoms with van der Waals surface area (Å²) >= 11 is 4.79. The molecule has 0 heterocycles. The van der Waals surface area contributed by atoms with Gasteiger partial charge in [-0.25, -0.2) is 4.79 Å². The summed E-state index contributed by atoms with van der Waals surface area (Å²) in [5.41, 5.74) is 11.3. The molecule has 6 N–H and O–H groups in total. The third-order valence-electron chi connectivity index (χ3n) is 5.94. The Bertz CT molecular complexity index is 1120.